The summed E-state index contributed by atoms with van der Waals surface area (Å²) >= 11 is 0. The van der Waals surface area contributed by atoms with E-state index in [1.54, 1.807) is 12.4 Å². The zero-order valence-electron chi connectivity index (χ0n) is 15.4. The Morgan fingerprint density at radius 1 is 1.15 bits per heavy atom. The van der Waals surface area contributed by atoms with Gasteiger partial charge in [0.25, 0.3) is 0 Å². The van der Waals surface area contributed by atoms with Crippen molar-refractivity contribution in [2.75, 3.05) is 37.7 Å². The molecule has 1 aliphatic heterocycles. The van der Waals surface area contributed by atoms with Gasteiger partial charge in [-0.3, -0.25) is 4.98 Å². The number of hydrogen-bond donors (Lipinski definition) is 1. The number of aromatic nitrogens is 1. The van der Waals surface area contributed by atoms with Crippen LogP contribution in [0.4, 0.5) is 10.5 Å². The lowest BCUT2D eigenvalue weighted by Crippen LogP contribution is -2.52. The Hall–Kier alpha value is -2.76. The molecule has 138 valence electrons. The van der Waals surface area contributed by atoms with Gasteiger partial charge in [0.2, 0.25) is 0 Å². The van der Waals surface area contributed by atoms with Gasteiger partial charge in [-0.15, -0.1) is 0 Å². The fourth-order valence-electron chi connectivity index (χ4n) is 3.16. The first-order valence-corrected chi connectivity index (χ1v) is 9.11. The van der Waals surface area contributed by atoms with E-state index in [0.717, 1.165) is 30.1 Å². The number of ether oxygens (including phenoxy) is 1. The maximum Gasteiger partial charge on any atom is 0.317 e. The molecule has 2 heterocycles. The first-order chi connectivity index (χ1) is 12.7. The van der Waals surface area contributed by atoms with Gasteiger partial charge in [-0.2, -0.15) is 0 Å². The predicted molar refractivity (Wildman–Crippen MR) is 103 cm³/mol. The molecule has 1 N–H and O–H groups in total. The van der Waals surface area contributed by atoms with E-state index >= 15 is 0 Å². The SMILES string of the molecule is CCOc1ccccc1N1CCN(C(=O)NC(C)c2ccncc2)CC1. The molecular weight excluding hydrogens is 328 g/mol. The number of anilines is 1. The van der Waals surface area contributed by atoms with E-state index < -0.39 is 0 Å². The summed E-state index contributed by atoms with van der Waals surface area (Å²) in [6.45, 7) is 7.59. The van der Waals surface area contributed by atoms with Gasteiger partial charge in [-0.25, -0.2) is 4.79 Å². The van der Waals surface area contributed by atoms with Gasteiger partial charge in [0.1, 0.15) is 5.75 Å². The van der Waals surface area contributed by atoms with E-state index in [4.69, 9.17) is 4.74 Å². The van der Waals surface area contributed by atoms with Crippen molar-refractivity contribution in [1.82, 2.24) is 15.2 Å². The third-order valence-electron chi connectivity index (χ3n) is 4.62. The summed E-state index contributed by atoms with van der Waals surface area (Å²) in [5, 5.41) is 3.07. The molecule has 0 bridgehead atoms. The fraction of sp³-hybridized carbons (Fsp3) is 0.400. The molecule has 0 radical (unpaired) electrons. The first kappa shape index (κ1) is 18.0. The number of rotatable bonds is 5. The molecule has 6 heteroatoms. The number of para-hydroxylation sites is 2. The monoisotopic (exact) mass is 354 g/mol. The van der Waals surface area contributed by atoms with Crippen molar-refractivity contribution in [1.29, 1.82) is 0 Å². The van der Waals surface area contributed by atoms with Crippen molar-refractivity contribution in [2.24, 2.45) is 0 Å². The van der Waals surface area contributed by atoms with E-state index in [0.29, 0.717) is 19.7 Å². The van der Waals surface area contributed by atoms with Crippen molar-refractivity contribution < 1.29 is 9.53 Å². The van der Waals surface area contributed by atoms with Crippen LogP contribution < -0.4 is 15.0 Å². The molecule has 2 amide bonds. The second-order valence-electron chi connectivity index (χ2n) is 6.33. The Bertz CT molecular complexity index is 715. The number of benzene rings is 1. The summed E-state index contributed by atoms with van der Waals surface area (Å²) in [5.41, 5.74) is 2.15. The molecule has 1 saturated heterocycles. The second-order valence-corrected chi connectivity index (χ2v) is 6.33. The molecule has 0 saturated carbocycles. The van der Waals surface area contributed by atoms with Crippen LogP contribution in [0.2, 0.25) is 0 Å². The van der Waals surface area contributed by atoms with E-state index in [1.807, 2.05) is 49.1 Å². The topological polar surface area (TPSA) is 57.7 Å². The molecule has 1 atom stereocenters. The second kappa shape index (κ2) is 8.56. The number of carbonyl (C=O) groups is 1. The van der Waals surface area contributed by atoms with Gasteiger partial charge >= 0.3 is 6.03 Å². The molecule has 1 aromatic carbocycles. The molecule has 0 aliphatic carbocycles. The van der Waals surface area contributed by atoms with Crippen LogP contribution in [0.15, 0.2) is 48.8 Å². The lowest BCUT2D eigenvalue weighted by Gasteiger charge is -2.37. The lowest BCUT2D eigenvalue weighted by molar-refractivity contribution is 0.191. The quantitative estimate of drug-likeness (QED) is 0.896. The number of nitrogens with one attached hydrogen (secondary N) is 1. The van der Waals surface area contributed by atoms with E-state index in [1.165, 1.54) is 0 Å². The van der Waals surface area contributed by atoms with Gasteiger partial charge in [0, 0.05) is 38.6 Å². The first-order valence-electron chi connectivity index (χ1n) is 9.11. The highest BCUT2D eigenvalue weighted by Crippen LogP contribution is 2.28. The molecule has 1 unspecified atom stereocenters. The van der Waals surface area contributed by atoms with Gasteiger partial charge < -0.3 is 19.9 Å². The van der Waals surface area contributed by atoms with Crippen LogP contribution in [-0.4, -0.2) is 48.7 Å². The summed E-state index contributed by atoms with van der Waals surface area (Å²) < 4.78 is 5.73. The highest BCUT2D eigenvalue weighted by atomic mass is 16.5. The largest absolute Gasteiger partial charge is 0.492 e. The Balaban J connectivity index is 1.56. The van der Waals surface area contributed by atoms with Crippen molar-refractivity contribution in [3.05, 3.63) is 54.4 Å². The van der Waals surface area contributed by atoms with Gasteiger partial charge in [0.15, 0.2) is 0 Å². The molecule has 26 heavy (non-hydrogen) atoms. The summed E-state index contributed by atoms with van der Waals surface area (Å²) in [7, 11) is 0. The van der Waals surface area contributed by atoms with Gasteiger partial charge in [-0.1, -0.05) is 12.1 Å². The van der Waals surface area contributed by atoms with Gasteiger partial charge in [0.05, 0.1) is 18.3 Å². The predicted octanol–water partition coefficient (Wildman–Crippen LogP) is 3.07. The Morgan fingerprint density at radius 2 is 1.85 bits per heavy atom. The standard InChI is InChI=1S/C20H26N4O2/c1-3-26-19-7-5-4-6-18(19)23-12-14-24(15-13-23)20(25)22-16(2)17-8-10-21-11-9-17/h4-11,16H,3,12-15H2,1-2H3,(H,22,25). The number of pyridine rings is 1. The number of amides is 2. The average Bonchev–Trinajstić information content (AvgIpc) is 2.69. The molecular formula is C20H26N4O2. The fourth-order valence-corrected chi connectivity index (χ4v) is 3.16. The zero-order valence-corrected chi connectivity index (χ0v) is 15.4. The molecule has 1 fully saturated rings. The van der Waals surface area contributed by atoms with Crippen LogP contribution in [-0.2, 0) is 0 Å². The zero-order chi connectivity index (χ0) is 18.4. The van der Waals surface area contributed by atoms with E-state index in [2.05, 4.69) is 21.3 Å². The molecule has 0 spiro atoms. The Labute approximate surface area is 154 Å². The average molecular weight is 354 g/mol. The maximum atomic E-state index is 12.6. The highest BCUT2D eigenvalue weighted by molar-refractivity contribution is 5.75. The summed E-state index contributed by atoms with van der Waals surface area (Å²) in [6.07, 6.45) is 3.49. The van der Waals surface area contributed by atoms with Crippen LogP contribution in [0.1, 0.15) is 25.5 Å². The number of nitrogens with zero attached hydrogens (tertiary/aromatic N) is 3. The van der Waals surface area contributed by atoms with Crippen LogP contribution in [0, 0.1) is 0 Å². The summed E-state index contributed by atoms with van der Waals surface area (Å²) in [4.78, 5) is 20.7. The Morgan fingerprint density at radius 3 is 2.54 bits per heavy atom. The highest BCUT2D eigenvalue weighted by Gasteiger charge is 2.23. The van der Waals surface area contributed by atoms with Crippen molar-refractivity contribution >= 4 is 11.7 Å². The molecule has 2 aromatic rings. The molecule has 1 aliphatic rings. The molecule has 1 aromatic heterocycles. The van der Waals surface area contributed by atoms with Gasteiger partial charge in [-0.05, 0) is 43.7 Å². The smallest absolute Gasteiger partial charge is 0.317 e. The molecule has 6 nitrogen and oxygen atoms in total. The number of piperazine rings is 1. The summed E-state index contributed by atoms with van der Waals surface area (Å²) in [6, 6.07) is 11.9. The molecule has 3 rings (SSSR count). The van der Waals surface area contributed by atoms with Crippen LogP contribution in [0.25, 0.3) is 0 Å². The third-order valence-corrected chi connectivity index (χ3v) is 4.62. The van der Waals surface area contributed by atoms with Crippen molar-refractivity contribution in [3.63, 3.8) is 0 Å². The van der Waals surface area contributed by atoms with E-state index in [-0.39, 0.29) is 12.1 Å². The van der Waals surface area contributed by atoms with Crippen molar-refractivity contribution in [3.8, 4) is 5.75 Å². The lowest BCUT2D eigenvalue weighted by atomic mass is 10.1. The number of urea groups is 1. The minimum absolute atomic E-state index is 0.0212. The van der Waals surface area contributed by atoms with E-state index in [9.17, 15) is 4.79 Å². The van der Waals surface area contributed by atoms with Crippen LogP contribution in [0.3, 0.4) is 0 Å². The number of carbonyl (C=O) groups excluding carboxylic acids is 1. The number of hydrogen-bond acceptors (Lipinski definition) is 4. The van der Waals surface area contributed by atoms with Crippen LogP contribution in [0.5, 0.6) is 5.75 Å². The van der Waals surface area contributed by atoms with Crippen LogP contribution >= 0.6 is 0 Å². The third kappa shape index (κ3) is 4.25. The minimum Gasteiger partial charge on any atom is -0.492 e. The summed E-state index contributed by atoms with van der Waals surface area (Å²) in [5.74, 6) is 0.902. The maximum absolute atomic E-state index is 12.6. The minimum atomic E-state index is -0.0396. The normalized spacial score (nSPS) is 15.5. The van der Waals surface area contributed by atoms with Crippen molar-refractivity contribution in [2.45, 2.75) is 19.9 Å². The Kier molecular flexibility index (Phi) is 5.94.